The van der Waals surface area contributed by atoms with Gasteiger partial charge in [-0.1, -0.05) is 18.2 Å². The average molecular weight is 445 g/mol. The molecule has 1 atom stereocenters. The molecular weight excluding hydrogens is 417 g/mol. The molecule has 1 saturated heterocycles. The molecule has 0 radical (unpaired) electrons. The first-order valence-corrected chi connectivity index (χ1v) is 10.3. The van der Waals surface area contributed by atoms with Crippen molar-refractivity contribution >= 4 is 17.5 Å². The molecule has 1 aliphatic rings. The Kier molecular flexibility index (Phi) is 7.92. The van der Waals surface area contributed by atoms with E-state index in [4.69, 9.17) is 9.47 Å². The summed E-state index contributed by atoms with van der Waals surface area (Å²) in [6.45, 7) is 0.790. The van der Waals surface area contributed by atoms with Gasteiger partial charge in [0.15, 0.2) is 5.78 Å². The number of carbonyl (C=O) groups excluding carboxylic acids is 2. The Hall–Kier alpha value is -2.85. The molecule has 8 nitrogen and oxygen atoms in total. The summed E-state index contributed by atoms with van der Waals surface area (Å²) < 4.78 is 23.8. The van der Waals surface area contributed by atoms with Crippen molar-refractivity contribution in [3.63, 3.8) is 0 Å². The van der Waals surface area contributed by atoms with Gasteiger partial charge in [-0.2, -0.15) is 0 Å². The Morgan fingerprint density at radius 3 is 2.34 bits per heavy atom. The van der Waals surface area contributed by atoms with E-state index < -0.39 is 24.0 Å². The fourth-order valence-electron chi connectivity index (χ4n) is 3.58. The molecule has 0 bridgehead atoms. The minimum absolute atomic E-state index is 0.0733. The van der Waals surface area contributed by atoms with Crippen LogP contribution in [0.4, 0.5) is 14.9 Å². The van der Waals surface area contributed by atoms with Crippen molar-refractivity contribution in [2.24, 2.45) is 5.92 Å². The lowest BCUT2D eigenvalue weighted by molar-refractivity contribution is -0.229. The van der Waals surface area contributed by atoms with Gasteiger partial charge in [0, 0.05) is 50.9 Å². The summed E-state index contributed by atoms with van der Waals surface area (Å²) in [5.74, 6) is -2.14. The number of anilines is 1. The zero-order valence-corrected chi connectivity index (χ0v) is 18.1. The van der Waals surface area contributed by atoms with Crippen LogP contribution in [0.25, 0.3) is 0 Å². The number of benzene rings is 2. The molecule has 2 amide bonds. The van der Waals surface area contributed by atoms with E-state index in [1.165, 1.54) is 38.5 Å². The summed E-state index contributed by atoms with van der Waals surface area (Å²) >= 11 is 0. The fraction of sp³-hybridized carbons (Fsp3) is 0.391. The van der Waals surface area contributed by atoms with Crippen LogP contribution in [0.15, 0.2) is 54.6 Å². The molecule has 3 rings (SSSR count). The molecule has 0 saturated carbocycles. The number of methoxy groups -OCH3 is 2. The van der Waals surface area contributed by atoms with Gasteiger partial charge in [-0.25, -0.2) is 9.18 Å². The molecule has 2 aromatic carbocycles. The van der Waals surface area contributed by atoms with E-state index in [0.29, 0.717) is 24.3 Å². The number of nitrogens with one attached hydrogen (secondary N) is 2. The minimum Gasteiger partial charge on any atom is -0.378 e. The molecule has 0 aliphatic carbocycles. The molecule has 0 unspecified atom stereocenters. The number of urea groups is 1. The number of likely N-dealkylation sites (tertiary alicyclic amines) is 1. The van der Waals surface area contributed by atoms with Gasteiger partial charge in [0.05, 0.1) is 0 Å². The minimum atomic E-state index is -1.42. The standard InChI is InChI=1S/C23H28FN3O5/c1-31-23(32-2,26-22(30)25-19-6-4-3-5-7-19)13-12-20(28)27-14-17(15-27)21(29)16-8-10-18(24)11-9-16/h3-11,17,20,28H,12-15H2,1-2H3,(H2,25,26,30)/t20-/m0/s1. The number of aliphatic hydroxyl groups is 1. The number of nitrogens with zero attached hydrogens (tertiary/aromatic N) is 1. The highest BCUT2D eigenvalue weighted by atomic mass is 19.1. The highest BCUT2D eigenvalue weighted by Gasteiger charge is 2.39. The second-order valence-corrected chi connectivity index (χ2v) is 7.65. The summed E-state index contributed by atoms with van der Waals surface area (Å²) in [5.41, 5.74) is 1.07. The first-order chi connectivity index (χ1) is 15.4. The molecule has 0 aromatic heterocycles. The van der Waals surface area contributed by atoms with Gasteiger partial charge in [-0.3, -0.25) is 15.0 Å². The zero-order valence-electron chi connectivity index (χ0n) is 18.1. The van der Waals surface area contributed by atoms with Crippen LogP contribution in [0.1, 0.15) is 23.2 Å². The monoisotopic (exact) mass is 445 g/mol. The number of hydrogen-bond acceptors (Lipinski definition) is 6. The number of Topliss-reactive ketones (excluding diaryl/α,β-unsaturated/α-hetero) is 1. The maximum Gasteiger partial charge on any atom is 0.323 e. The van der Waals surface area contributed by atoms with Gasteiger partial charge in [-0.05, 0) is 42.8 Å². The molecule has 3 N–H and O–H groups in total. The van der Waals surface area contributed by atoms with Crippen molar-refractivity contribution < 1.29 is 28.6 Å². The van der Waals surface area contributed by atoms with Gasteiger partial charge < -0.3 is 19.9 Å². The number of rotatable bonds is 10. The molecule has 172 valence electrons. The first-order valence-electron chi connectivity index (χ1n) is 10.3. The summed E-state index contributed by atoms with van der Waals surface area (Å²) in [5, 5.41) is 15.9. The van der Waals surface area contributed by atoms with E-state index in [-0.39, 0.29) is 24.5 Å². The van der Waals surface area contributed by atoms with E-state index in [9.17, 15) is 19.1 Å². The normalized spacial score (nSPS) is 15.6. The van der Waals surface area contributed by atoms with Crippen LogP contribution in [-0.4, -0.2) is 61.3 Å². The Bertz CT molecular complexity index is 900. The van der Waals surface area contributed by atoms with Crippen LogP contribution < -0.4 is 10.6 Å². The Labute approximate surface area is 186 Å². The van der Waals surface area contributed by atoms with E-state index in [1.54, 1.807) is 29.2 Å². The fourth-order valence-corrected chi connectivity index (χ4v) is 3.58. The van der Waals surface area contributed by atoms with Gasteiger partial charge in [0.2, 0.25) is 0 Å². The maximum atomic E-state index is 13.0. The highest BCUT2D eigenvalue weighted by molar-refractivity contribution is 5.98. The summed E-state index contributed by atoms with van der Waals surface area (Å²) in [6.07, 6.45) is -0.419. The number of carbonyl (C=O) groups is 2. The van der Waals surface area contributed by atoms with Gasteiger partial charge in [-0.15, -0.1) is 0 Å². The average Bonchev–Trinajstić information content (AvgIpc) is 2.76. The molecule has 1 aliphatic heterocycles. The molecular formula is C23H28FN3O5. The SMILES string of the molecule is COC(CC[C@H](O)N1CC(C(=O)c2ccc(F)cc2)C1)(NC(=O)Nc1ccccc1)OC. The van der Waals surface area contributed by atoms with Crippen molar-refractivity contribution in [3.05, 3.63) is 66.0 Å². The highest BCUT2D eigenvalue weighted by Crippen LogP contribution is 2.26. The second kappa shape index (κ2) is 10.6. The summed E-state index contributed by atoms with van der Waals surface area (Å²) in [7, 11) is 2.80. The Balaban J connectivity index is 1.48. The van der Waals surface area contributed by atoms with Crippen LogP contribution in [0, 0.1) is 11.7 Å². The molecule has 1 fully saturated rings. The number of hydrogen-bond donors (Lipinski definition) is 3. The number of aliphatic hydroxyl groups excluding tert-OH is 1. The second-order valence-electron chi connectivity index (χ2n) is 7.65. The summed E-state index contributed by atoms with van der Waals surface area (Å²) in [6, 6.07) is 13.9. The topological polar surface area (TPSA) is 100 Å². The van der Waals surface area contributed by atoms with Crippen molar-refractivity contribution in [2.75, 3.05) is 32.6 Å². The van der Waals surface area contributed by atoms with Crippen molar-refractivity contribution in [3.8, 4) is 0 Å². The molecule has 32 heavy (non-hydrogen) atoms. The Morgan fingerprint density at radius 2 is 1.75 bits per heavy atom. The van der Waals surface area contributed by atoms with Crippen molar-refractivity contribution in [2.45, 2.75) is 25.0 Å². The quantitative estimate of drug-likeness (QED) is 0.384. The molecule has 9 heteroatoms. The smallest absolute Gasteiger partial charge is 0.323 e. The number of ether oxygens (including phenoxy) is 2. The van der Waals surface area contributed by atoms with E-state index in [2.05, 4.69) is 10.6 Å². The lowest BCUT2D eigenvalue weighted by atomic mass is 9.90. The van der Waals surface area contributed by atoms with E-state index >= 15 is 0 Å². The number of halogens is 1. The predicted molar refractivity (Wildman–Crippen MR) is 116 cm³/mol. The van der Waals surface area contributed by atoms with E-state index in [1.807, 2.05) is 6.07 Å². The van der Waals surface area contributed by atoms with Crippen molar-refractivity contribution in [1.29, 1.82) is 0 Å². The largest absolute Gasteiger partial charge is 0.378 e. The predicted octanol–water partition coefficient (Wildman–Crippen LogP) is 2.81. The molecule has 1 heterocycles. The number of amides is 2. The molecule has 0 spiro atoms. The zero-order chi connectivity index (χ0) is 23.1. The number of para-hydroxylation sites is 1. The van der Waals surface area contributed by atoms with Crippen LogP contribution in [0.5, 0.6) is 0 Å². The third-order valence-corrected chi connectivity index (χ3v) is 5.56. The van der Waals surface area contributed by atoms with Gasteiger partial charge in [0.1, 0.15) is 12.0 Å². The van der Waals surface area contributed by atoms with E-state index in [0.717, 1.165) is 0 Å². The third-order valence-electron chi connectivity index (χ3n) is 5.56. The lowest BCUT2D eigenvalue weighted by Gasteiger charge is -2.42. The lowest BCUT2D eigenvalue weighted by Crippen LogP contribution is -2.57. The van der Waals surface area contributed by atoms with Gasteiger partial charge >= 0.3 is 6.03 Å². The maximum absolute atomic E-state index is 13.0. The van der Waals surface area contributed by atoms with Crippen LogP contribution >= 0.6 is 0 Å². The van der Waals surface area contributed by atoms with Crippen LogP contribution in [-0.2, 0) is 9.47 Å². The number of ketones is 1. The summed E-state index contributed by atoms with van der Waals surface area (Å²) in [4.78, 5) is 26.6. The first kappa shape index (κ1) is 23.8. The molecule has 2 aromatic rings. The van der Waals surface area contributed by atoms with Crippen LogP contribution in [0.2, 0.25) is 0 Å². The van der Waals surface area contributed by atoms with Crippen molar-refractivity contribution in [1.82, 2.24) is 10.2 Å². The van der Waals surface area contributed by atoms with Gasteiger partial charge in [0.25, 0.3) is 5.91 Å². The third kappa shape index (κ3) is 5.89. The van der Waals surface area contributed by atoms with Crippen LogP contribution in [0.3, 0.4) is 0 Å². The Morgan fingerprint density at radius 1 is 1.12 bits per heavy atom.